The zero-order valence-electron chi connectivity index (χ0n) is 16.3. The van der Waals surface area contributed by atoms with Crippen molar-refractivity contribution >= 4 is 17.3 Å². The normalized spacial score (nSPS) is 16.2. The van der Waals surface area contributed by atoms with Gasteiger partial charge in [0.05, 0.1) is 11.8 Å². The van der Waals surface area contributed by atoms with Crippen molar-refractivity contribution in [2.45, 2.75) is 32.8 Å². The molecule has 27 heavy (non-hydrogen) atoms. The quantitative estimate of drug-likeness (QED) is 0.793. The van der Waals surface area contributed by atoms with Crippen LogP contribution in [0.1, 0.15) is 35.7 Å². The van der Waals surface area contributed by atoms with Gasteiger partial charge in [-0.25, -0.2) is 0 Å². The van der Waals surface area contributed by atoms with Gasteiger partial charge < -0.3 is 19.7 Å². The van der Waals surface area contributed by atoms with Crippen molar-refractivity contribution in [2.75, 3.05) is 37.0 Å². The fourth-order valence-corrected chi connectivity index (χ4v) is 3.06. The molecule has 144 valence electrons. The zero-order chi connectivity index (χ0) is 19.2. The summed E-state index contributed by atoms with van der Waals surface area (Å²) in [5.74, 6) is 0.535. The summed E-state index contributed by atoms with van der Waals surface area (Å²) < 4.78 is 11.6. The number of aryl methyl sites for hydroxylation is 1. The molecule has 1 heterocycles. The lowest BCUT2D eigenvalue weighted by Crippen LogP contribution is -2.18. The summed E-state index contributed by atoms with van der Waals surface area (Å²) in [6.45, 7) is 6.32. The largest absolute Gasteiger partial charge is 0.489 e. The molecule has 1 unspecified atom stereocenters. The van der Waals surface area contributed by atoms with Crippen LogP contribution in [0.2, 0.25) is 0 Å². The first kappa shape index (κ1) is 19.2. The first-order chi connectivity index (χ1) is 13.1. The van der Waals surface area contributed by atoms with E-state index in [-0.39, 0.29) is 12.0 Å². The number of hydrogen-bond donors (Lipinski definition) is 1. The van der Waals surface area contributed by atoms with Gasteiger partial charge in [-0.3, -0.25) is 4.79 Å². The zero-order valence-corrected chi connectivity index (χ0v) is 16.3. The first-order valence-electron chi connectivity index (χ1n) is 9.54. The molecule has 1 amide bonds. The Labute approximate surface area is 161 Å². The molecule has 2 aromatic rings. The summed E-state index contributed by atoms with van der Waals surface area (Å²) in [7, 11) is 2.03. The fourth-order valence-electron chi connectivity index (χ4n) is 3.06. The lowest BCUT2D eigenvalue weighted by Gasteiger charge is -2.17. The van der Waals surface area contributed by atoms with E-state index in [2.05, 4.69) is 17.1 Å². The number of ether oxygens (including phenoxy) is 2. The number of nitrogens with one attached hydrogen (secondary N) is 1. The van der Waals surface area contributed by atoms with Crippen LogP contribution < -0.4 is 15.0 Å². The Morgan fingerprint density at radius 2 is 2.04 bits per heavy atom. The highest BCUT2D eigenvalue weighted by atomic mass is 16.5. The first-order valence-corrected chi connectivity index (χ1v) is 9.54. The van der Waals surface area contributed by atoms with E-state index in [9.17, 15) is 4.79 Å². The Kier molecular flexibility index (Phi) is 6.35. The topological polar surface area (TPSA) is 50.8 Å². The molecule has 1 aliphatic heterocycles. The second kappa shape index (κ2) is 8.91. The van der Waals surface area contributed by atoms with Crippen LogP contribution in [0.25, 0.3) is 0 Å². The molecule has 3 rings (SSSR count). The number of rotatable bonds is 7. The molecule has 1 N–H and O–H groups in total. The van der Waals surface area contributed by atoms with E-state index in [1.54, 1.807) is 0 Å². The molecule has 0 radical (unpaired) electrons. The smallest absolute Gasteiger partial charge is 0.255 e. The fraction of sp³-hybridized carbons (Fsp3) is 0.409. The molecule has 0 saturated carbocycles. The average molecular weight is 368 g/mol. The highest BCUT2D eigenvalue weighted by Gasteiger charge is 2.17. The van der Waals surface area contributed by atoms with Gasteiger partial charge in [-0.05, 0) is 68.7 Å². The van der Waals surface area contributed by atoms with Gasteiger partial charge in [0.1, 0.15) is 12.4 Å². The number of carbonyl (C=O) groups is 1. The molecule has 0 spiro atoms. The maximum atomic E-state index is 12.7. The molecule has 0 aliphatic carbocycles. The number of nitrogens with zero attached hydrogens (tertiary/aromatic N) is 1. The molecular formula is C22H28N2O3. The van der Waals surface area contributed by atoms with Crippen LogP contribution in [0.3, 0.4) is 0 Å². The average Bonchev–Trinajstić information content (AvgIpc) is 3.21. The van der Waals surface area contributed by atoms with E-state index < -0.39 is 0 Å². The Balaban J connectivity index is 1.69. The molecule has 2 aromatic carbocycles. The molecule has 1 aliphatic rings. The van der Waals surface area contributed by atoms with E-state index >= 15 is 0 Å². The van der Waals surface area contributed by atoms with Gasteiger partial charge in [-0.15, -0.1) is 0 Å². The third-order valence-corrected chi connectivity index (χ3v) is 4.88. The van der Waals surface area contributed by atoms with Crippen LogP contribution in [-0.4, -0.2) is 38.8 Å². The summed E-state index contributed by atoms with van der Waals surface area (Å²) in [6, 6.07) is 13.4. The maximum absolute atomic E-state index is 12.7. The minimum atomic E-state index is -0.147. The predicted molar refractivity (Wildman–Crippen MR) is 109 cm³/mol. The van der Waals surface area contributed by atoms with E-state index in [0.717, 1.165) is 37.2 Å². The van der Waals surface area contributed by atoms with Crippen molar-refractivity contribution in [3.63, 3.8) is 0 Å². The van der Waals surface area contributed by atoms with Crippen LogP contribution in [0.15, 0.2) is 42.5 Å². The monoisotopic (exact) mass is 368 g/mol. The number of anilines is 2. The molecule has 1 atom stereocenters. The van der Waals surface area contributed by atoms with Crippen molar-refractivity contribution in [1.29, 1.82) is 0 Å². The number of amides is 1. The summed E-state index contributed by atoms with van der Waals surface area (Å²) in [6.07, 6.45) is 2.23. The van der Waals surface area contributed by atoms with Gasteiger partial charge in [0.15, 0.2) is 0 Å². The van der Waals surface area contributed by atoms with Crippen LogP contribution in [0, 0.1) is 6.92 Å². The summed E-state index contributed by atoms with van der Waals surface area (Å²) in [5.41, 5.74) is 3.47. The summed E-state index contributed by atoms with van der Waals surface area (Å²) >= 11 is 0. The minimum Gasteiger partial charge on any atom is -0.489 e. The molecular weight excluding hydrogens is 340 g/mol. The van der Waals surface area contributed by atoms with Gasteiger partial charge in [-0.2, -0.15) is 0 Å². The van der Waals surface area contributed by atoms with Crippen molar-refractivity contribution in [3.05, 3.63) is 53.6 Å². The molecule has 0 bridgehead atoms. The number of hydrogen-bond acceptors (Lipinski definition) is 4. The molecule has 5 heteroatoms. The Bertz CT molecular complexity index is 768. The third kappa shape index (κ3) is 5.01. The van der Waals surface area contributed by atoms with E-state index in [0.29, 0.717) is 23.6 Å². The Morgan fingerprint density at radius 1 is 1.26 bits per heavy atom. The molecule has 1 fully saturated rings. The lowest BCUT2D eigenvalue weighted by atomic mass is 10.1. The van der Waals surface area contributed by atoms with Gasteiger partial charge in [0.2, 0.25) is 0 Å². The van der Waals surface area contributed by atoms with Crippen LogP contribution in [-0.2, 0) is 4.74 Å². The summed E-state index contributed by atoms with van der Waals surface area (Å²) in [4.78, 5) is 14.8. The van der Waals surface area contributed by atoms with Crippen LogP contribution in [0.4, 0.5) is 11.4 Å². The second-order valence-electron chi connectivity index (χ2n) is 6.96. The minimum absolute atomic E-state index is 0.136. The van der Waals surface area contributed by atoms with Gasteiger partial charge >= 0.3 is 0 Å². The summed E-state index contributed by atoms with van der Waals surface area (Å²) in [5, 5.41) is 2.97. The van der Waals surface area contributed by atoms with Crippen LogP contribution >= 0.6 is 0 Å². The maximum Gasteiger partial charge on any atom is 0.255 e. The number of carbonyl (C=O) groups excluding carboxylic acids is 1. The van der Waals surface area contributed by atoms with Crippen molar-refractivity contribution in [3.8, 4) is 5.75 Å². The molecule has 1 saturated heterocycles. The number of benzene rings is 2. The standard InChI is InChI=1S/C22H28N2O3/c1-4-24(3)18-10-8-17(9-11-18)22(25)23-20-12-7-16(2)14-21(20)27-15-19-6-5-13-26-19/h7-12,14,19H,4-6,13,15H2,1-3H3,(H,23,25). The second-order valence-corrected chi connectivity index (χ2v) is 6.96. The Hall–Kier alpha value is -2.53. The highest BCUT2D eigenvalue weighted by Crippen LogP contribution is 2.27. The van der Waals surface area contributed by atoms with Crippen LogP contribution in [0.5, 0.6) is 5.75 Å². The van der Waals surface area contributed by atoms with Crippen molar-refractivity contribution in [2.24, 2.45) is 0 Å². The van der Waals surface area contributed by atoms with Gasteiger partial charge in [0, 0.05) is 31.5 Å². The lowest BCUT2D eigenvalue weighted by molar-refractivity contribution is 0.0681. The van der Waals surface area contributed by atoms with E-state index in [1.807, 2.05) is 56.4 Å². The van der Waals surface area contributed by atoms with Crippen molar-refractivity contribution in [1.82, 2.24) is 0 Å². The third-order valence-electron chi connectivity index (χ3n) is 4.88. The van der Waals surface area contributed by atoms with Crippen molar-refractivity contribution < 1.29 is 14.3 Å². The van der Waals surface area contributed by atoms with Gasteiger partial charge in [-0.1, -0.05) is 6.07 Å². The SMILES string of the molecule is CCN(C)c1ccc(C(=O)Nc2ccc(C)cc2OCC2CCCO2)cc1. The van der Waals surface area contributed by atoms with Gasteiger partial charge in [0.25, 0.3) is 5.91 Å². The molecule has 5 nitrogen and oxygen atoms in total. The predicted octanol–water partition coefficient (Wildman–Crippen LogP) is 4.26. The van der Waals surface area contributed by atoms with E-state index in [4.69, 9.17) is 9.47 Å². The highest BCUT2D eigenvalue weighted by molar-refractivity contribution is 6.05. The Morgan fingerprint density at radius 3 is 2.70 bits per heavy atom. The molecule has 0 aromatic heterocycles. The van der Waals surface area contributed by atoms with E-state index in [1.165, 1.54) is 0 Å².